The van der Waals surface area contributed by atoms with Crippen LogP contribution in [0.2, 0.25) is 0 Å². The highest BCUT2D eigenvalue weighted by atomic mass is 16.5. The summed E-state index contributed by atoms with van der Waals surface area (Å²) in [6, 6.07) is 9.70. The summed E-state index contributed by atoms with van der Waals surface area (Å²) in [5.74, 6) is 0.0617. The van der Waals surface area contributed by atoms with Gasteiger partial charge in [0.05, 0.1) is 24.9 Å². The first-order valence-electron chi connectivity index (χ1n) is 9.57. The van der Waals surface area contributed by atoms with Gasteiger partial charge in [-0.15, -0.1) is 0 Å². The van der Waals surface area contributed by atoms with Crippen LogP contribution in [0.4, 0.5) is 0 Å². The van der Waals surface area contributed by atoms with Crippen molar-refractivity contribution in [3.05, 3.63) is 53.9 Å². The quantitative estimate of drug-likeness (QED) is 0.876. The summed E-state index contributed by atoms with van der Waals surface area (Å²) in [6.45, 7) is 7.46. The van der Waals surface area contributed by atoms with Crippen molar-refractivity contribution < 1.29 is 14.6 Å². The molecule has 0 aliphatic carbocycles. The number of hydrogen-bond donors (Lipinski definition) is 1. The zero-order valence-electron chi connectivity index (χ0n) is 16.3. The Hall–Kier alpha value is -2.24. The number of rotatable bonds is 5. The first kappa shape index (κ1) is 19.5. The van der Waals surface area contributed by atoms with E-state index >= 15 is 0 Å². The van der Waals surface area contributed by atoms with Crippen LogP contribution in [0, 0.1) is 0 Å². The maximum Gasteiger partial charge on any atom is 0.254 e. The van der Waals surface area contributed by atoms with Crippen molar-refractivity contribution in [2.75, 3.05) is 19.8 Å². The summed E-state index contributed by atoms with van der Waals surface area (Å²) >= 11 is 0. The van der Waals surface area contributed by atoms with Gasteiger partial charge in [-0.2, -0.15) is 0 Å². The third-order valence-electron chi connectivity index (χ3n) is 5.02. The zero-order chi connectivity index (χ0) is 19.4. The van der Waals surface area contributed by atoms with E-state index in [1.807, 2.05) is 35.2 Å². The second kappa shape index (κ2) is 8.19. The molecule has 1 aromatic heterocycles. The van der Waals surface area contributed by atoms with Gasteiger partial charge in [0.15, 0.2) is 0 Å². The summed E-state index contributed by atoms with van der Waals surface area (Å²) in [4.78, 5) is 19.1. The third kappa shape index (κ3) is 4.54. The molecule has 1 atom stereocenters. The zero-order valence-corrected chi connectivity index (χ0v) is 16.3. The van der Waals surface area contributed by atoms with Gasteiger partial charge in [0, 0.05) is 35.6 Å². The average molecular weight is 368 g/mol. The fraction of sp³-hybridized carbons (Fsp3) is 0.455. The number of amides is 1. The molecule has 0 radical (unpaired) electrons. The van der Waals surface area contributed by atoms with Gasteiger partial charge in [-0.25, -0.2) is 0 Å². The smallest absolute Gasteiger partial charge is 0.254 e. The molecule has 2 aromatic rings. The molecule has 144 valence electrons. The number of carbonyl (C=O) groups is 1. The van der Waals surface area contributed by atoms with Crippen molar-refractivity contribution in [1.82, 2.24) is 9.88 Å². The summed E-state index contributed by atoms with van der Waals surface area (Å²) in [5.41, 5.74) is 2.40. The number of morpholine rings is 1. The maximum absolute atomic E-state index is 12.9. The van der Waals surface area contributed by atoms with Crippen molar-refractivity contribution in [3.63, 3.8) is 0 Å². The van der Waals surface area contributed by atoms with Gasteiger partial charge in [-0.3, -0.25) is 9.78 Å². The predicted molar refractivity (Wildman–Crippen MR) is 105 cm³/mol. The van der Waals surface area contributed by atoms with Crippen LogP contribution in [0.3, 0.4) is 0 Å². The van der Waals surface area contributed by atoms with Crippen molar-refractivity contribution in [2.45, 2.75) is 45.3 Å². The van der Waals surface area contributed by atoms with Crippen LogP contribution in [0.1, 0.15) is 49.5 Å². The Labute approximate surface area is 161 Å². The Bertz CT molecular complexity index is 779. The Morgan fingerprint density at radius 1 is 1.26 bits per heavy atom. The van der Waals surface area contributed by atoms with Crippen molar-refractivity contribution in [1.29, 1.82) is 0 Å². The van der Waals surface area contributed by atoms with Crippen LogP contribution in [0.5, 0.6) is 0 Å². The van der Waals surface area contributed by atoms with Gasteiger partial charge >= 0.3 is 0 Å². The fourth-order valence-electron chi connectivity index (χ4n) is 3.40. The lowest BCUT2D eigenvalue weighted by atomic mass is 9.96. The molecule has 0 spiro atoms. The number of nitrogens with zero attached hydrogens (tertiary/aromatic N) is 2. The SMILES string of the molecule is CCCC1COCCN1C(=O)c1ccc(-c2cncc(C(C)(C)O)c2)cc1. The molecule has 5 nitrogen and oxygen atoms in total. The Morgan fingerprint density at radius 2 is 2.00 bits per heavy atom. The topological polar surface area (TPSA) is 62.7 Å². The molecule has 1 saturated heterocycles. The molecule has 1 unspecified atom stereocenters. The molecule has 1 aliphatic rings. The van der Waals surface area contributed by atoms with Crippen molar-refractivity contribution in [2.24, 2.45) is 0 Å². The molecule has 2 heterocycles. The summed E-state index contributed by atoms with van der Waals surface area (Å²) in [7, 11) is 0. The molecule has 1 N–H and O–H groups in total. The third-order valence-corrected chi connectivity index (χ3v) is 5.02. The molecule has 0 saturated carbocycles. The summed E-state index contributed by atoms with van der Waals surface area (Å²) < 4.78 is 5.55. The highest BCUT2D eigenvalue weighted by molar-refractivity contribution is 5.95. The number of pyridine rings is 1. The number of benzene rings is 1. The van der Waals surface area contributed by atoms with Crippen LogP contribution < -0.4 is 0 Å². The molecule has 3 rings (SSSR count). The Morgan fingerprint density at radius 3 is 2.67 bits per heavy atom. The van der Waals surface area contributed by atoms with E-state index in [0.29, 0.717) is 25.3 Å². The normalized spacial score (nSPS) is 17.8. The highest BCUT2D eigenvalue weighted by Crippen LogP contribution is 2.26. The van der Waals surface area contributed by atoms with Gasteiger partial charge in [-0.1, -0.05) is 25.5 Å². The lowest BCUT2D eigenvalue weighted by Gasteiger charge is -2.35. The van der Waals surface area contributed by atoms with E-state index in [1.54, 1.807) is 26.2 Å². The molecule has 5 heteroatoms. The van der Waals surface area contributed by atoms with Crippen LogP contribution in [-0.2, 0) is 10.3 Å². The molecular formula is C22H28N2O3. The van der Waals surface area contributed by atoms with E-state index in [0.717, 1.165) is 29.5 Å². The van der Waals surface area contributed by atoms with Crippen molar-refractivity contribution >= 4 is 5.91 Å². The second-order valence-corrected chi connectivity index (χ2v) is 7.61. The number of aromatic nitrogens is 1. The standard InChI is InChI=1S/C22H28N2O3/c1-4-5-20-15-27-11-10-24(20)21(25)17-8-6-16(7-9-17)18-12-19(14-23-13-18)22(2,3)26/h6-9,12-14,20,26H,4-5,10-11,15H2,1-3H3. The summed E-state index contributed by atoms with van der Waals surface area (Å²) in [5, 5.41) is 10.2. The van der Waals surface area contributed by atoms with Gasteiger partial charge in [-0.05, 0) is 44.0 Å². The Balaban J connectivity index is 1.80. The fourth-order valence-corrected chi connectivity index (χ4v) is 3.40. The predicted octanol–water partition coefficient (Wildman–Crippen LogP) is 3.62. The van der Waals surface area contributed by atoms with Gasteiger partial charge in [0.2, 0.25) is 0 Å². The van der Waals surface area contributed by atoms with Crippen LogP contribution in [0.25, 0.3) is 11.1 Å². The maximum atomic E-state index is 12.9. The van der Waals surface area contributed by atoms with Crippen molar-refractivity contribution in [3.8, 4) is 11.1 Å². The van der Waals surface area contributed by atoms with Gasteiger partial charge in [0.1, 0.15) is 0 Å². The molecule has 0 bridgehead atoms. The van der Waals surface area contributed by atoms with E-state index in [4.69, 9.17) is 4.74 Å². The number of aliphatic hydroxyl groups is 1. The van der Waals surface area contributed by atoms with E-state index in [9.17, 15) is 9.90 Å². The van der Waals surface area contributed by atoms with Gasteiger partial charge in [0.25, 0.3) is 5.91 Å². The lowest BCUT2D eigenvalue weighted by molar-refractivity contribution is -0.00433. The first-order valence-corrected chi connectivity index (χ1v) is 9.57. The van der Waals surface area contributed by atoms with E-state index in [1.165, 1.54) is 0 Å². The largest absolute Gasteiger partial charge is 0.386 e. The van der Waals surface area contributed by atoms with Crippen LogP contribution >= 0.6 is 0 Å². The van der Waals surface area contributed by atoms with Crippen LogP contribution in [-0.4, -0.2) is 46.7 Å². The minimum atomic E-state index is -0.941. The molecule has 1 fully saturated rings. The van der Waals surface area contributed by atoms with Crippen LogP contribution in [0.15, 0.2) is 42.7 Å². The molecule has 1 aliphatic heterocycles. The molecule has 27 heavy (non-hydrogen) atoms. The van der Waals surface area contributed by atoms with Gasteiger partial charge < -0.3 is 14.7 Å². The first-order chi connectivity index (χ1) is 12.9. The van der Waals surface area contributed by atoms with E-state index < -0.39 is 5.60 Å². The molecule has 1 aromatic carbocycles. The number of hydrogen-bond acceptors (Lipinski definition) is 4. The molecular weight excluding hydrogens is 340 g/mol. The number of carbonyl (C=O) groups excluding carboxylic acids is 1. The minimum Gasteiger partial charge on any atom is -0.386 e. The number of ether oxygens (including phenoxy) is 1. The highest BCUT2D eigenvalue weighted by Gasteiger charge is 2.27. The van der Waals surface area contributed by atoms with E-state index in [-0.39, 0.29) is 11.9 Å². The minimum absolute atomic E-state index is 0.0617. The lowest BCUT2D eigenvalue weighted by Crippen LogP contribution is -2.48. The Kier molecular flexibility index (Phi) is 5.92. The summed E-state index contributed by atoms with van der Waals surface area (Å²) in [6.07, 6.45) is 5.43. The molecule has 1 amide bonds. The average Bonchev–Trinajstić information content (AvgIpc) is 2.68. The monoisotopic (exact) mass is 368 g/mol. The second-order valence-electron chi connectivity index (χ2n) is 7.61. The van der Waals surface area contributed by atoms with E-state index in [2.05, 4.69) is 11.9 Å².